The maximum atomic E-state index is 12.7. The van der Waals surface area contributed by atoms with Gasteiger partial charge >= 0.3 is 6.18 Å². The van der Waals surface area contributed by atoms with Gasteiger partial charge in [-0.15, -0.1) is 0 Å². The highest BCUT2D eigenvalue weighted by Gasteiger charge is 2.32. The molecule has 0 atom stereocenters. The Labute approximate surface area is 113 Å². The molecule has 4 nitrogen and oxygen atoms in total. The van der Waals surface area contributed by atoms with Gasteiger partial charge in [-0.2, -0.15) is 18.2 Å². The number of methoxy groups -OCH3 is 2. The fraction of sp³-hybridized carbons (Fsp3) is 0.231. The number of nitrogens with zero attached hydrogens (tertiary/aromatic N) is 2. The normalized spacial score (nSPS) is 11.2. The first-order valence-corrected chi connectivity index (χ1v) is 5.59. The Hall–Kier alpha value is -2.31. The number of aromatic nitrogens is 2. The summed E-state index contributed by atoms with van der Waals surface area (Å²) in [6.45, 7) is 0. The molecule has 0 aliphatic rings. The molecular formula is C13H11F3N2O2. The number of hydrogen-bond acceptors (Lipinski definition) is 4. The lowest BCUT2D eigenvalue weighted by Crippen LogP contribution is -2.08. The molecule has 2 heterocycles. The predicted molar refractivity (Wildman–Crippen MR) is 65.6 cm³/mol. The lowest BCUT2D eigenvalue weighted by atomic mass is 10.1. The van der Waals surface area contributed by atoms with Crippen LogP contribution in [0.2, 0.25) is 0 Å². The lowest BCUT2D eigenvalue weighted by molar-refractivity contribution is -0.141. The van der Waals surface area contributed by atoms with Crippen LogP contribution in [0.1, 0.15) is 5.69 Å². The molecular weight excluding hydrogens is 273 g/mol. The molecule has 0 aliphatic carbocycles. The summed E-state index contributed by atoms with van der Waals surface area (Å²) >= 11 is 0. The van der Waals surface area contributed by atoms with Gasteiger partial charge < -0.3 is 9.47 Å². The fourth-order valence-electron chi connectivity index (χ4n) is 1.63. The average molecular weight is 284 g/mol. The molecule has 0 aromatic carbocycles. The fourth-order valence-corrected chi connectivity index (χ4v) is 1.63. The number of rotatable bonds is 3. The Morgan fingerprint density at radius 1 is 0.950 bits per heavy atom. The van der Waals surface area contributed by atoms with Crippen LogP contribution in [0.3, 0.4) is 0 Å². The first-order valence-electron chi connectivity index (χ1n) is 5.59. The topological polar surface area (TPSA) is 44.2 Å². The van der Waals surface area contributed by atoms with Crippen LogP contribution in [0.5, 0.6) is 11.8 Å². The van der Waals surface area contributed by atoms with Crippen molar-refractivity contribution in [1.82, 2.24) is 9.97 Å². The van der Waals surface area contributed by atoms with Crippen LogP contribution in [0.25, 0.3) is 11.3 Å². The van der Waals surface area contributed by atoms with Crippen molar-refractivity contribution in [2.45, 2.75) is 6.18 Å². The zero-order valence-corrected chi connectivity index (χ0v) is 10.7. The van der Waals surface area contributed by atoms with E-state index in [1.54, 1.807) is 6.07 Å². The molecule has 2 rings (SSSR count). The molecule has 20 heavy (non-hydrogen) atoms. The minimum atomic E-state index is -4.50. The monoisotopic (exact) mass is 284 g/mol. The van der Waals surface area contributed by atoms with Crippen molar-refractivity contribution in [2.24, 2.45) is 0 Å². The van der Waals surface area contributed by atoms with Crippen LogP contribution in [-0.2, 0) is 6.18 Å². The Kier molecular flexibility index (Phi) is 3.78. The molecule has 0 radical (unpaired) electrons. The number of alkyl halides is 3. The zero-order valence-electron chi connectivity index (χ0n) is 10.7. The molecule has 0 fully saturated rings. The number of halogens is 3. The van der Waals surface area contributed by atoms with E-state index in [0.29, 0.717) is 11.4 Å². The van der Waals surface area contributed by atoms with Gasteiger partial charge in [-0.25, -0.2) is 4.98 Å². The van der Waals surface area contributed by atoms with E-state index in [9.17, 15) is 13.2 Å². The van der Waals surface area contributed by atoms with Gasteiger partial charge in [-0.1, -0.05) is 6.07 Å². The third-order valence-electron chi connectivity index (χ3n) is 2.55. The first kappa shape index (κ1) is 14.1. The summed E-state index contributed by atoms with van der Waals surface area (Å²) in [6.07, 6.45) is -4.50. The van der Waals surface area contributed by atoms with Crippen molar-refractivity contribution in [3.8, 4) is 23.0 Å². The summed E-state index contributed by atoms with van der Waals surface area (Å²) < 4.78 is 48.0. The molecule has 7 heteroatoms. The van der Waals surface area contributed by atoms with Gasteiger partial charge in [-0.3, -0.25) is 0 Å². The maximum Gasteiger partial charge on any atom is 0.433 e. The molecule has 0 unspecified atom stereocenters. The van der Waals surface area contributed by atoms with E-state index in [-0.39, 0.29) is 11.6 Å². The minimum Gasteiger partial charge on any atom is -0.481 e. The van der Waals surface area contributed by atoms with Gasteiger partial charge in [-0.05, 0) is 18.2 Å². The van der Waals surface area contributed by atoms with Crippen LogP contribution < -0.4 is 9.47 Å². The van der Waals surface area contributed by atoms with Gasteiger partial charge in [0, 0.05) is 6.07 Å². The molecule has 0 saturated heterocycles. The van der Waals surface area contributed by atoms with Gasteiger partial charge in [0.15, 0.2) is 0 Å². The van der Waals surface area contributed by atoms with Crippen LogP contribution in [0.15, 0.2) is 30.3 Å². The Balaban J connectivity index is 2.51. The molecule has 0 spiro atoms. The van der Waals surface area contributed by atoms with E-state index < -0.39 is 11.9 Å². The van der Waals surface area contributed by atoms with E-state index >= 15 is 0 Å². The molecule has 2 aromatic rings. The second kappa shape index (κ2) is 5.36. The molecule has 0 amide bonds. The summed E-state index contributed by atoms with van der Waals surface area (Å²) in [5.74, 6) is 0.453. The molecule has 106 valence electrons. The van der Waals surface area contributed by atoms with E-state index in [4.69, 9.17) is 9.47 Å². The number of ether oxygens (including phenoxy) is 2. The summed E-state index contributed by atoms with van der Waals surface area (Å²) in [6, 6.07) is 6.73. The summed E-state index contributed by atoms with van der Waals surface area (Å²) in [5, 5.41) is 0. The van der Waals surface area contributed by atoms with Crippen LogP contribution in [-0.4, -0.2) is 24.2 Å². The lowest BCUT2D eigenvalue weighted by Gasteiger charge is -2.10. The summed E-state index contributed by atoms with van der Waals surface area (Å²) in [5.41, 5.74) is -0.473. The standard InChI is InChI=1S/C13H11F3N2O2/c1-19-11-7-6-8(12(18-11)20-2)9-4-3-5-10(17-9)13(14,15)16/h3-7H,1-2H3. The Morgan fingerprint density at radius 3 is 2.30 bits per heavy atom. The predicted octanol–water partition coefficient (Wildman–Crippen LogP) is 3.18. The van der Waals surface area contributed by atoms with E-state index in [0.717, 1.165) is 6.07 Å². The Morgan fingerprint density at radius 2 is 1.70 bits per heavy atom. The third-order valence-corrected chi connectivity index (χ3v) is 2.55. The second-order valence-corrected chi connectivity index (χ2v) is 3.82. The van der Waals surface area contributed by atoms with Gasteiger partial charge in [0.25, 0.3) is 0 Å². The zero-order chi connectivity index (χ0) is 14.8. The van der Waals surface area contributed by atoms with Crippen LogP contribution in [0.4, 0.5) is 13.2 Å². The summed E-state index contributed by atoms with van der Waals surface area (Å²) in [7, 11) is 2.81. The largest absolute Gasteiger partial charge is 0.481 e. The Bertz CT molecular complexity index is 615. The summed E-state index contributed by atoms with van der Waals surface area (Å²) in [4.78, 5) is 7.60. The smallest absolute Gasteiger partial charge is 0.433 e. The highest BCUT2D eigenvalue weighted by molar-refractivity contribution is 5.65. The minimum absolute atomic E-state index is 0.131. The van der Waals surface area contributed by atoms with Crippen LogP contribution >= 0.6 is 0 Å². The molecule has 0 saturated carbocycles. The highest BCUT2D eigenvalue weighted by Crippen LogP contribution is 2.32. The van der Waals surface area contributed by atoms with Crippen LogP contribution in [0, 0.1) is 0 Å². The molecule has 0 bridgehead atoms. The van der Waals surface area contributed by atoms with Gasteiger partial charge in [0.1, 0.15) is 5.69 Å². The van der Waals surface area contributed by atoms with Crippen molar-refractivity contribution in [1.29, 1.82) is 0 Å². The quantitative estimate of drug-likeness (QED) is 0.868. The van der Waals surface area contributed by atoms with Crippen molar-refractivity contribution in [3.05, 3.63) is 36.0 Å². The van der Waals surface area contributed by atoms with Crippen molar-refractivity contribution < 1.29 is 22.6 Å². The van der Waals surface area contributed by atoms with Crippen molar-refractivity contribution in [2.75, 3.05) is 14.2 Å². The van der Waals surface area contributed by atoms with Crippen molar-refractivity contribution >= 4 is 0 Å². The maximum absolute atomic E-state index is 12.7. The van der Waals surface area contributed by atoms with E-state index in [1.807, 2.05) is 0 Å². The van der Waals surface area contributed by atoms with E-state index in [1.165, 1.54) is 32.4 Å². The molecule has 0 aliphatic heterocycles. The van der Waals surface area contributed by atoms with E-state index in [2.05, 4.69) is 9.97 Å². The highest BCUT2D eigenvalue weighted by atomic mass is 19.4. The number of pyridine rings is 2. The van der Waals surface area contributed by atoms with Gasteiger partial charge in [0.05, 0.1) is 25.5 Å². The molecule has 0 N–H and O–H groups in total. The first-order chi connectivity index (χ1) is 9.45. The SMILES string of the molecule is COc1ccc(-c2cccc(C(F)(F)F)n2)c(OC)n1. The van der Waals surface area contributed by atoms with Gasteiger partial charge in [0.2, 0.25) is 11.8 Å². The number of hydrogen-bond donors (Lipinski definition) is 0. The van der Waals surface area contributed by atoms with Crippen molar-refractivity contribution in [3.63, 3.8) is 0 Å². The third kappa shape index (κ3) is 2.81. The second-order valence-electron chi connectivity index (χ2n) is 3.82. The average Bonchev–Trinajstić information content (AvgIpc) is 2.45. The molecule has 2 aromatic heterocycles.